The highest BCUT2D eigenvalue weighted by molar-refractivity contribution is 7.98. The van der Waals surface area contributed by atoms with Crippen molar-refractivity contribution in [3.63, 3.8) is 0 Å². The highest BCUT2D eigenvalue weighted by Crippen LogP contribution is 2.25. The van der Waals surface area contributed by atoms with Gasteiger partial charge in [0.2, 0.25) is 0 Å². The number of thiazole rings is 1. The minimum Gasteiger partial charge on any atom is -0.397 e. The van der Waals surface area contributed by atoms with Crippen molar-refractivity contribution in [1.82, 2.24) is 9.97 Å². The lowest BCUT2D eigenvalue weighted by atomic mass is 10.4. The number of nitrogen functional groups attached to an aromatic ring is 1. The largest absolute Gasteiger partial charge is 0.397 e. The molecule has 0 aliphatic heterocycles. The molecule has 0 aliphatic carbocycles. The number of pyridine rings is 1. The predicted octanol–water partition coefficient (Wildman–Crippen LogP) is 2.72. The Kier molecular flexibility index (Phi) is 3.23. The fraction of sp³-hybridized carbons (Fsp3) is 0.200. The molecule has 0 aliphatic rings. The minimum absolute atomic E-state index is 0.731. The fourth-order valence-electron chi connectivity index (χ4n) is 1.14. The monoisotopic (exact) mass is 237 g/mol. The first-order chi connectivity index (χ1) is 7.25. The zero-order valence-corrected chi connectivity index (χ0v) is 9.94. The van der Waals surface area contributed by atoms with Gasteiger partial charge >= 0.3 is 0 Å². The SMILES string of the molecule is Cc1nc(CSc2ncccc2N)cs1. The Hall–Kier alpha value is -1.07. The molecule has 15 heavy (non-hydrogen) atoms. The second kappa shape index (κ2) is 4.63. The van der Waals surface area contributed by atoms with E-state index in [0.717, 1.165) is 27.2 Å². The number of anilines is 1. The van der Waals surface area contributed by atoms with Gasteiger partial charge < -0.3 is 5.73 Å². The molecule has 0 fully saturated rings. The van der Waals surface area contributed by atoms with E-state index in [1.165, 1.54) is 0 Å². The van der Waals surface area contributed by atoms with E-state index in [1.807, 2.05) is 19.1 Å². The van der Waals surface area contributed by atoms with Gasteiger partial charge in [-0.15, -0.1) is 11.3 Å². The number of rotatable bonds is 3. The third kappa shape index (κ3) is 2.70. The average molecular weight is 237 g/mol. The van der Waals surface area contributed by atoms with Crippen molar-refractivity contribution in [3.8, 4) is 0 Å². The van der Waals surface area contributed by atoms with Gasteiger partial charge in [0.1, 0.15) is 5.03 Å². The lowest BCUT2D eigenvalue weighted by Crippen LogP contribution is -1.91. The summed E-state index contributed by atoms with van der Waals surface area (Å²) >= 11 is 3.29. The Morgan fingerprint density at radius 1 is 1.53 bits per heavy atom. The lowest BCUT2D eigenvalue weighted by Gasteiger charge is -2.01. The lowest BCUT2D eigenvalue weighted by molar-refractivity contribution is 1.13. The van der Waals surface area contributed by atoms with Gasteiger partial charge in [-0.25, -0.2) is 9.97 Å². The van der Waals surface area contributed by atoms with Crippen LogP contribution in [0, 0.1) is 6.92 Å². The van der Waals surface area contributed by atoms with Crippen molar-refractivity contribution in [2.45, 2.75) is 17.7 Å². The standard InChI is InChI=1S/C10H11N3S2/c1-7-13-8(5-14-7)6-15-10-9(11)3-2-4-12-10/h2-5H,6,11H2,1H3. The van der Waals surface area contributed by atoms with Gasteiger partial charge in [0.05, 0.1) is 16.4 Å². The Morgan fingerprint density at radius 3 is 3.07 bits per heavy atom. The smallest absolute Gasteiger partial charge is 0.119 e. The molecule has 0 saturated carbocycles. The van der Waals surface area contributed by atoms with Gasteiger partial charge in [-0.2, -0.15) is 0 Å². The molecule has 2 rings (SSSR count). The number of thioether (sulfide) groups is 1. The highest BCUT2D eigenvalue weighted by Gasteiger charge is 2.03. The molecular weight excluding hydrogens is 226 g/mol. The number of nitrogens with zero attached hydrogens (tertiary/aromatic N) is 2. The number of aromatic nitrogens is 2. The van der Waals surface area contributed by atoms with Crippen LogP contribution in [0.2, 0.25) is 0 Å². The molecule has 3 nitrogen and oxygen atoms in total. The minimum atomic E-state index is 0.731. The first kappa shape index (κ1) is 10.4. The van der Waals surface area contributed by atoms with Crippen LogP contribution in [0.5, 0.6) is 0 Å². The maximum atomic E-state index is 5.79. The molecule has 2 aromatic rings. The van der Waals surface area contributed by atoms with E-state index in [-0.39, 0.29) is 0 Å². The molecule has 0 saturated heterocycles. The summed E-state index contributed by atoms with van der Waals surface area (Å²) in [7, 11) is 0. The van der Waals surface area contributed by atoms with Crippen molar-refractivity contribution in [2.75, 3.05) is 5.73 Å². The third-order valence-electron chi connectivity index (χ3n) is 1.82. The molecule has 0 amide bonds. The molecule has 0 atom stereocenters. The van der Waals surface area contributed by atoms with Crippen LogP contribution in [-0.2, 0) is 5.75 Å². The van der Waals surface area contributed by atoms with E-state index in [9.17, 15) is 0 Å². The summed E-state index contributed by atoms with van der Waals surface area (Å²) in [4.78, 5) is 8.60. The summed E-state index contributed by atoms with van der Waals surface area (Å²) in [5, 5.41) is 4.05. The van der Waals surface area contributed by atoms with Gasteiger partial charge in [0.15, 0.2) is 0 Å². The molecule has 2 aromatic heterocycles. The van der Waals surface area contributed by atoms with E-state index in [2.05, 4.69) is 15.3 Å². The number of aryl methyl sites for hydroxylation is 1. The van der Waals surface area contributed by atoms with Crippen LogP contribution in [0.25, 0.3) is 0 Å². The van der Waals surface area contributed by atoms with Gasteiger partial charge in [0, 0.05) is 17.3 Å². The molecule has 0 unspecified atom stereocenters. The van der Waals surface area contributed by atoms with E-state index in [4.69, 9.17) is 5.73 Å². The van der Waals surface area contributed by atoms with Crippen LogP contribution in [0.1, 0.15) is 10.7 Å². The molecule has 0 spiro atoms. The van der Waals surface area contributed by atoms with E-state index in [0.29, 0.717) is 0 Å². The molecular formula is C10H11N3S2. The summed E-state index contributed by atoms with van der Waals surface area (Å²) in [6.45, 7) is 2.01. The first-order valence-corrected chi connectivity index (χ1v) is 6.36. The fourth-order valence-corrected chi connectivity index (χ4v) is 2.66. The van der Waals surface area contributed by atoms with Crippen molar-refractivity contribution in [1.29, 1.82) is 0 Å². The van der Waals surface area contributed by atoms with Gasteiger partial charge in [-0.3, -0.25) is 0 Å². The summed E-state index contributed by atoms with van der Waals surface area (Å²) in [5.74, 6) is 0.825. The number of nitrogens with two attached hydrogens (primary N) is 1. The van der Waals surface area contributed by atoms with Gasteiger partial charge in [-0.1, -0.05) is 11.8 Å². The van der Waals surface area contributed by atoms with Crippen LogP contribution >= 0.6 is 23.1 Å². The summed E-state index contributed by atoms with van der Waals surface area (Å²) in [6, 6.07) is 3.70. The number of hydrogen-bond donors (Lipinski definition) is 1. The first-order valence-electron chi connectivity index (χ1n) is 4.50. The van der Waals surface area contributed by atoms with Gasteiger partial charge in [0.25, 0.3) is 0 Å². The predicted molar refractivity (Wildman–Crippen MR) is 65.1 cm³/mol. The van der Waals surface area contributed by atoms with E-state index in [1.54, 1.807) is 29.3 Å². The second-order valence-corrected chi connectivity index (χ2v) is 5.07. The van der Waals surface area contributed by atoms with Crippen LogP contribution in [-0.4, -0.2) is 9.97 Å². The Bertz CT molecular complexity index is 453. The van der Waals surface area contributed by atoms with Crippen LogP contribution in [0.4, 0.5) is 5.69 Å². The quantitative estimate of drug-likeness (QED) is 0.834. The van der Waals surface area contributed by atoms with Crippen molar-refractivity contribution >= 4 is 28.8 Å². The summed E-state index contributed by atoms with van der Waals surface area (Å²) in [6.07, 6.45) is 1.75. The molecule has 5 heteroatoms. The maximum absolute atomic E-state index is 5.79. The van der Waals surface area contributed by atoms with Crippen LogP contribution < -0.4 is 5.73 Å². The molecule has 2 N–H and O–H groups in total. The van der Waals surface area contributed by atoms with Crippen LogP contribution in [0.3, 0.4) is 0 Å². The summed E-state index contributed by atoms with van der Waals surface area (Å²) < 4.78 is 0. The Balaban J connectivity index is 2.02. The van der Waals surface area contributed by atoms with Crippen molar-refractivity contribution in [3.05, 3.63) is 34.4 Å². The zero-order chi connectivity index (χ0) is 10.7. The Labute approximate surface area is 96.8 Å². The normalized spacial score (nSPS) is 10.5. The summed E-state index contributed by atoms with van der Waals surface area (Å²) in [5.41, 5.74) is 7.61. The maximum Gasteiger partial charge on any atom is 0.119 e. The Morgan fingerprint density at radius 2 is 2.40 bits per heavy atom. The number of hydrogen-bond acceptors (Lipinski definition) is 5. The average Bonchev–Trinajstić information content (AvgIpc) is 2.63. The zero-order valence-electron chi connectivity index (χ0n) is 8.30. The van der Waals surface area contributed by atoms with Crippen LogP contribution in [0.15, 0.2) is 28.7 Å². The topological polar surface area (TPSA) is 51.8 Å². The van der Waals surface area contributed by atoms with Gasteiger partial charge in [-0.05, 0) is 19.1 Å². The molecule has 0 bridgehead atoms. The molecule has 78 valence electrons. The molecule has 0 radical (unpaired) electrons. The second-order valence-electron chi connectivity index (χ2n) is 3.04. The van der Waals surface area contributed by atoms with Crippen molar-refractivity contribution < 1.29 is 0 Å². The molecule has 2 heterocycles. The van der Waals surface area contributed by atoms with E-state index >= 15 is 0 Å². The van der Waals surface area contributed by atoms with E-state index < -0.39 is 0 Å². The molecule has 0 aromatic carbocycles. The third-order valence-corrected chi connectivity index (χ3v) is 3.70. The van der Waals surface area contributed by atoms with Crippen molar-refractivity contribution in [2.24, 2.45) is 0 Å². The highest BCUT2D eigenvalue weighted by atomic mass is 32.2.